The first-order chi connectivity index (χ1) is 26.8. The van der Waals surface area contributed by atoms with Crippen molar-refractivity contribution in [2.75, 3.05) is 0 Å². The molecule has 1 heterocycles. The quantitative estimate of drug-likeness (QED) is 0.181. The van der Waals surface area contributed by atoms with Crippen LogP contribution >= 0.6 is 0 Å². The van der Waals surface area contributed by atoms with E-state index < -0.39 is 5.41 Å². The van der Waals surface area contributed by atoms with Crippen molar-refractivity contribution in [3.8, 4) is 50.5 Å². The zero-order chi connectivity index (χ0) is 35.4. The minimum Gasteiger partial charge on any atom is -0.292 e. The molecule has 0 radical (unpaired) electrons. The van der Waals surface area contributed by atoms with Crippen molar-refractivity contribution >= 4 is 32.6 Å². The highest BCUT2D eigenvalue weighted by Crippen LogP contribution is 2.64. The first-order valence-corrected chi connectivity index (χ1v) is 18.7. The van der Waals surface area contributed by atoms with Gasteiger partial charge in [-0.2, -0.15) is 0 Å². The molecule has 0 bridgehead atoms. The van der Waals surface area contributed by atoms with Gasteiger partial charge in [0.25, 0.3) is 0 Å². The van der Waals surface area contributed by atoms with Crippen molar-refractivity contribution in [3.05, 3.63) is 216 Å². The fourth-order valence-corrected chi connectivity index (χ4v) is 9.79. The van der Waals surface area contributed by atoms with Crippen LogP contribution in [0, 0.1) is 0 Å². The molecule has 2 aliphatic carbocycles. The largest absolute Gasteiger partial charge is 0.292 e. The highest BCUT2D eigenvalue weighted by Gasteiger charge is 2.52. The lowest BCUT2D eigenvalue weighted by atomic mass is 9.69. The number of hydrogen-bond donors (Lipinski definition) is 0. The van der Waals surface area contributed by atoms with Crippen LogP contribution in [-0.4, -0.2) is 9.55 Å². The summed E-state index contributed by atoms with van der Waals surface area (Å²) >= 11 is 0. The van der Waals surface area contributed by atoms with Crippen molar-refractivity contribution in [1.82, 2.24) is 9.55 Å². The monoisotopic (exact) mass is 684 g/mol. The van der Waals surface area contributed by atoms with Gasteiger partial charge in [0.15, 0.2) is 0 Å². The van der Waals surface area contributed by atoms with E-state index in [0.717, 1.165) is 33.7 Å². The molecule has 0 saturated carbocycles. The topological polar surface area (TPSA) is 17.8 Å². The molecule has 2 nitrogen and oxygen atoms in total. The smallest absolute Gasteiger partial charge is 0.145 e. The zero-order valence-electron chi connectivity index (χ0n) is 29.4. The van der Waals surface area contributed by atoms with Crippen molar-refractivity contribution in [3.63, 3.8) is 0 Å². The van der Waals surface area contributed by atoms with Gasteiger partial charge in [0.1, 0.15) is 5.82 Å². The normalized spacial score (nSPS) is 13.3. The summed E-state index contributed by atoms with van der Waals surface area (Å²) in [7, 11) is 0. The summed E-state index contributed by atoms with van der Waals surface area (Å²) in [6.07, 6.45) is 0. The maximum absolute atomic E-state index is 5.36. The zero-order valence-corrected chi connectivity index (χ0v) is 29.4. The first-order valence-electron chi connectivity index (χ1n) is 18.7. The van der Waals surface area contributed by atoms with Gasteiger partial charge in [0.2, 0.25) is 0 Å². The van der Waals surface area contributed by atoms with Crippen LogP contribution in [-0.2, 0) is 5.41 Å². The standard InChI is InChI=1S/C52H32N2/c1-3-15-33(16-4-1)51-53-48-31-36(27-28-49(48)54(51)37-19-5-2-6-20-37)42-32-47-50(41-24-10-9-21-38(41)42)43-29-34-17-7-8-18-35(34)30-46(43)52(47)44-25-13-11-22-39(44)40-23-12-14-26-45(40)52/h1-32H. The molecule has 2 heteroatoms. The number of rotatable bonds is 3. The van der Waals surface area contributed by atoms with E-state index in [1.165, 1.54) is 71.6 Å². The predicted octanol–water partition coefficient (Wildman–Crippen LogP) is 13.0. The molecule has 0 fully saturated rings. The predicted molar refractivity (Wildman–Crippen MR) is 223 cm³/mol. The molecule has 250 valence electrons. The maximum atomic E-state index is 5.36. The lowest BCUT2D eigenvalue weighted by Gasteiger charge is -2.31. The van der Waals surface area contributed by atoms with Gasteiger partial charge < -0.3 is 0 Å². The molecular formula is C52H32N2. The molecule has 1 spiro atoms. The van der Waals surface area contributed by atoms with Crippen LogP contribution in [0.5, 0.6) is 0 Å². The molecule has 12 rings (SSSR count). The van der Waals surface area contributed by atoms with Gasteiger partial charge in [-0.1, -0.05) is 152 Å². The fourth-order valence-electron chi connectivity index (χ4n) is 9.79. The second-order valence-corrected chi connectivity index (χ2v) is 14.7. The molecule has 0 aliphatic heterocycles. The molecule has 0 amide bonds. The number of aromatic nitrogens is 2. The van der Waals surface area contributed by atoms with Crippen LogP contribution < -0.4 is 0 Å². The van der Waals surface area contributed by atoms with E-state index in [2.05, 4.69) is 199 Å². The van der Waals surface area contributed by atoms with Gasteiger partial charge in [0.05, 0.1) is 16.4 Å². The van der Waals surface area contributed by atoms with Crippen molar-refractivity contribution in [2.45, 2.75) is 5.41 Å². The third-order valence-corrected chi connectivity index (χ3v) is 12.0. The average Bonchev–Trinajstić information content (AvgIpc) is 3.87. The minimum atomic E-state index is -0.458. The van der Waals surface area contributed by atoms with Crippen molar-refractivity contribution in [2.24, 2.45) is 0 Å². The second kappa shape index (κ2) is 11.0. The van der Waals surface area contributed by atoms with Crippen LogP contribution in [0.2, 0.25) is 0 Å². The summed E-state index contributed by atoms with van der Waals surface area (Å²) in [6.45, 7) is 0. The van der Waals surface area contributed by atoms with E-state index in [0.29, 0.717) is 0 Å². The van der Waals surface area contributed by atoms with Gasteiger partial charge in [-0.05, 0) is 120 Å². The summed E-state index contributed by atoms with van der Waals surface area (Å²) in [5.74, 6) is 0.938. The van der Waals surface area contributed by atoms with Crippen molar-refractivity contribution < 1.29 is 0 Å². The van der Waals surface area contributed by atoms with Gasteiger partial charge in [-0.15, -0.1) is 0 Å². The molecule has 1 aromatic heterocycles. The van der Waals surface area contributed by atoms with Crippen LogP contribution in [0.15, 0.2) is 194 Å². The summed E-state index contributed by atoms with van der Waals surface area (Å²) in [5, 5.41) is 5.06. The Hall–Kier alpha value is -7.03. The highest BCUT2D eigenvalue weighted by molar-refractivity contribution is 6.13. The Bertz CT molecular complexity index is 3110. The van der Waals surface area contributed by atoms with Gasteiger partial charge in [0, 0.05) is 11.3 Å². The molecule has 54 heavy (non-hydrogen) atoms. The average molecular weight is 685 g/mol. The Labute approximate surface area is 313 Å². The number of hydrogen-bond acceptors (Lipinski definition) is 1. The van der Waals surface area contributed by atoms with E-state index in [-0.39, 0.29) is 0 Å². The maximum Gasteiger partial charge on any atom is 0.145 e. The highest BCUT2D eigenvalue weighted by atomic mass is 15.1. The number of benzene rings is 9. The lowest BCUT2D eigenvalue weighted by Crippen LogP contribution is -2.26. The SMILES string of the molecule is c1ccc(-c2nc3cc(-c4cc5c(c6ccccc46)-c4cc6ccccc6cc4C54c5ccccc5-c5ccccc54)ccc3n2-c2ccccc2)cc1. The van der Waals surface area contributed by atoms with Gasteiger partial charge >= 0.3 is 0 Å². The Morgan fingerprint density at radius 3 is 1.74 bits per heavy atom. The first kappa shape index (κ1) is 29.5. The number of fused-ring (bicyclic) bond motifs is 14. The molecule has 0 atom stereocenters. The Kier molecular flexibility index (Phi) is 6.01. The van der Waals surface area contributed by atoms with Gasteiger partial charge in [-0.3, -0.25) is 4.57 Å². The molecule has 2 aliphatic rings. The number of para-hydroxylation sites is 1. The van der Waals surface area contributed by atoms with E-state index in [9.17, 15) is 0 Å². The molecule has 0 saturated heterocycles. The summed E-state index contributed by atoms with van der Waals surface area (Å²) in [6, 6.07) is 71.4. The van der Waals surface area contributed by atoms with Crippen LogP contribution in [0.1, 0.15) is 22.3 Å². The van der Waals surface area contributed by atoms with Gasteiger partial charge in [-0.25, -0.2) is 4.98 Å². The summed E-state index contributed by atoms with van der Waals surface area (Å²) in [4.78, 5) is 5.36. The number of imidazole rings is 1. The Morgan fingerprint density at radius 2 is 1.00 bits per heavy atom. The van der Waals surface area contributed by atoms with E-state index in [4.69, 9.17) is 4.98 Å². The molecule has 10 aromatic rings. The van der Waals surface area contributed by atoms with Crippen LogP contribution in [0.3, 0.4) is 0 Å². The third-order valence-electron chi connectivity index (χ3n) is 12.0. The van der Waals surface area contributed by atoms with Crippen molar-refractivity contribution in [1.29, 1.82) is 0 Å². The summed E-state index contributed by atoms with van der Waals surface area (Å²) in [5.41, 5.74) is 16.9. The van der Waals surface area contributed by atoms with E-state index in [1.54, 1.807) is 0 Å². The Balaban J connectivity index is 1.18. The number of nitrogens with zero attached hydrogens (tertiary/aromatic N) is 2. The lowest BCUT2D eigenvalue weighted by molar-refractivity contribution is 0.796. The molecule has 0 unspecified atom stereocenters. The molecule has 9 aromatic carbocycles. The Morgan fingerprint density at radius 1 is 0.389 bits per heavy atom. The molecular weight excluding hydrogens is 653 g/mol. The van der Waals surface area contributed by atoms with E-state index >= 15 is 0 Å². The second-order valence-electron chi connectivity index (χ2n) is 14.7. The molecule has 0 N–H and O–H groups in total. The van der Waals surface area contributed by atoms with Crippen LogP contribution in [0.4, 0.5) is 0 Å². The summed E-state index contributed by atoms with van der Waals surface area (Å²) < 4.78 is 2.29. The third kappa shape index (κ3) is 3.87. The van der Waals surface area contributed by atoms with E-state index in [1.807, 2.05) is 0 Å². The van der Waals surface area contributed by atoms with Crippen LogP contribution in [0.25, 0.3) is 83.0 Å². The fraction of sp³-hybridized carbons (Fsp3) is 0.0192. The minimum absolute atomic E-state index is 0.458.